The Morgan fingerprint density at radius 2 is 1.64 bits per heavy atom. The molecule has 3 atom stereocenters. The minimum Gasteiger partial charge on any atom is -0.462 e. The molecule has 1 saturated heterocycles. The third-order valence-electron chi connectivity index (χ3n) is 7.43. The summed E-state index contributed by atoms with van der Waals surface area (Å²) < 4.78 is 6.35. The van der Waals surface area contributed by atoms with Crippen LogP contribution in [0.15, 0.2) is 76.6 Å². The van der Waals surface area contributed by atoms with E-state index in [9.17, 15) is 24.0 Å². The summed E-state index contributed by atoms with van der Waals surface area (Å²) in [6.45, 7) is 1.57. The summed E-state index contributed by atoms with van der Waals surface area (Å²) in [7, 11) is 0. The lowest BCUT2D eigenvalue weighted by Crippen LogP contribution is -2.33. The molecular formula is C31H22Cl3N3O6S2. The Hall–Kier alpha value is -3.61. The van der Waals surface area contributed by atoms with Crippen LogP contribution in [0.5, 0.6) is 0 Å². The minimum absolute atomic E-state index is 0.200. The molecule has 2 aliphatic rings. The molecule has 0 spiro atoms. The van der Waals surface area contributed by atoms with Gasteiger partial charge in [0.15, 0.2) is 0 Å². The minimum atomic E-state index is -0.936. The summed E-state index contributed by atoms with van der Waals surface area (Å²) in [6.07, 6.45) is 0. The van der Waals surface area contributed by atoms with Gasteiger partial charge in [0.2, 0.25) is 17.7 Å². The van der Waals surface area contributed by atoms with E-state index in [1.807, 2.05) is 0 Å². The summed E-state index contributed by atoms with van der Waals surface area (Å²) in [5.41, 5.74) is 1.55. The number of rotatable bonds is 7. The first-order chi connectivity index (χ1) is 21.6. The highest BCUT2D eigenvalue weighted by Gasteiger charge is 2.57. The lowest BCUT2D eigenvalue weighted by Gasteiger charge is -2.31. The maximum atomic E-state index is 14.1. The molecule has 9 nitrogen and oxygen atoms in total. The normalized spacial score (nSPS) is 18.8. The van der Waals surface area contributed by atoms with Crippen molar-refractivity contribution in [2.24, 2.45) is 5.92 Å². The molecule has 1 fully saturated rings. The Kier molecular flexibility index (Phi) is 8.82. The maximum absolute atomic E-state index is 14.1. The predicted octanol–water partition coefficient (Wildman–Crippen LogP) is 6.48. The number of hydrogen-bond acceptors (Lipinski definition) is 8. The Balaban J connectivity index is 1.39. The number of nitrogens with one attached hydrogen (secondary N) is 1. The first kappa shape index (κ1) is 31.4. The maximum Gasteiger partial charge on any atom is 0.338 e. The van der Waals surface area contributed by atoms with Gasteiger partial charge < -0.3 is 10.1 Å². The van der Waals surface area contributed by atoms with Crippen LogP contribution < -0.4 is 15.1 Å². The molecule has 1 aromatic heterocycles. The van der Waals surface area contributed by atoms with Crippen LogP contribution in [-0.2, 0) is 25.7 Å². The Bertz CT molecular complexity index is 1910. The standard InChI is InChI=1S/C31H22Cl3N3O6S2/c1-2-43-30(41)15-6-12-18(13-7-15)37-27(39)23-22(19-4-3-5-20(33)24(19)34)26-29(44-25(23)28(37)40)36(31(42)45-26)14-21(38)35-17-10-8-16(32)9-11-17/h3-13,22-23,25H,2,14H2,1H3,(H,35,38)/t22-,23?,25?/m1/s1. The van der Waals surface area contributed by atoms with E-state index >= 15 is 0 Å². The smallest absolute Gasteiger partial charge is 0.338 e. The third-order valence-corrected chi connectivity index (χ3v) is 11.1. The molecule has 45 heavy (non-hydrogen) atoms. The Morgan fingerprint density at radius 1 is 0.933 bits per heavy atom. The van der Waals surface area contributed by atoms with Gasteiger partial charge in [0.1, 0.15) is 11.8 Å². The average molecular weight is 703 g/mol. The molecule has 230 valence electrons. The second-order valence-corrected chi connectivity index (χ2v) is 13.5. The number of carbonyl (C=O) groups is 4. The van der Waals surface area contributed by atoms with E-state index in [0.29, 0.717) is 26.2 Å². The van der Waals surface area contributed by atoms with Gasteiger partial charge in [-0.15, -0.1) is 0 Å². The van der Waals surface area contributed by atoms with Gasteiger partial charge in [-0.3, -0.25) is 23.7 Å². The fourth-order valence-electron chi connectivity index (χ4n) is 5.44. The van der Waals surface area contributed by atoms with Crippen LogP contribution in [0, 0.1) is 5.92 Å². The molecular weight excluding hydrogens is 681 g/mol. The highest BCUT2D eigenvalue weighted by molar-refractivity contribution is 8.00. The highest BCUT2D eigenvalue weighted by Crippen LogP contribution is 2.55. The largest absolute Gasteiger partial charge is 0.462 e. The van der Waals surface area contributed by atoms with Crippen LogP contribution in [0.25, 0.3) is 0 Å². The number of halogens is 3. The molecule has 2 aliphatic heterocycles. The summed E-state index contributed by atoms with van der Waals surface area (Å²) in [5, 5.41) is 3.18. The van der Waals surface area contributed by atoms with Crippen molar-refractivity contribution >= 4 is 93.0 Å². The summed E-state index contributed by atoms with van der Waals surface area (Å²) in [4.78, 5) is 67.9. The Labute approximate surface area is 280 Å². The molecule has 0 radical (unpaired) electrons. The van der Waals surface area contributed by atoms with Crippen LogP contribution in [0.4, 0.5) is 11.4 Å². The van der Waals surface area contributed by atoms with Gasteiger partial charge in [0, 0.05) is 21.5 Å². The molecule has 0 saturated carbocycles. The van der Waals surface area contributed by atoms with Gasteiger partial charge in [-0.2, -0.15) is 0 Å². The van der Waals surface area contributed by atoms with Crippen LogP contribution in [0.2, 0.25) is 15.1 Å². The van der Waals surface area contributed by atoms with Crippen molar-refractivity contribution in [3.63, 3.8) is 0 Å². The van der Waals surface area contributed by atoms with Crippen LogP contribution >= 0.6 is 57.9 Å². The zero-order valence-corrected chi connectivity index (χ0v) is 27.2. The van der Waals surface area contributed by atoms with Crippen molar-refractivity contribution < 1.29 is 23.9 Å². The van der Waals surface area contributed by atoms with Crippen molar-refractivity contribution in [2.75, 3.05) is 16.8 Å². The topological polar surface area (TPSA) is 115 Å². The van der Waals surface area contributed by atoms with E-state index in [0.717, 1.165) is 28.0 Å². The first-order valence-corrected chi connectivity index (χ1v) is 16.5. The van der Waals surface area contributed by atoms with Crippen molar-refractivity contribution in [2.45, 2.75) is 29.7 Å². The van der Waals surface area contributed by atoms with Crippen molar-refractivity contribution in [1.82, 2.24) is 4.57 Å². The zero-order valence-electron chi connectivity index (χ0n) is 23.3. The van der Waals surface area contributed by atoms with Crippen LogP contribution in [-0.4, -0.2) is 40.1 Å². The number of amides is 3. The number of carbonyl (C=O) groups excluding carboxylic acids is 4. The van der Waals surface area contributed by atoms with E-state index in [4.69, 9.17) is 39.5 Å². The lowest BCUT2D eigenvalue weighted by atomic mass is 9.83. The van der Waals surface area contributed by atoms with Gasteiger partial charge in [-0.1, -0.05) is 70.0 Å². The number of ether oxygens (including phenoxy) is 1. The summed E-state index contributed by atoms with van der Waals surface area (Å²) >= 11 is 21.0. The molecule has 14 heteroatoms. The molecule has 1 N–H and O–H groups in total. The SMILES string of the molecule is CCOC(=O)c1ccc(N2C(=O)C3Sc4c(sc(=O)n4CC(=O)Nc4ccc(Cl)cc4)[C@H](c4cccc(Cl)c4Cl)C3C2=O)cc1. The predicted molar refractivity (Wildman–Crippen MR) is 175 cm³/mol. The van der Waals surface area contributed by atoms with Gasteiger partial charge in [-0.05, 0) is 67.1 Å². The third kappa shape index (κ3) is 5.79. The van der Waals surface area contributed by atoms with Gasteiger partial charge in [-0.25, -0.2) is 9.69 Å². The van der Waals surface area contributed by atoms with E-state index < -0.39 is 45.6 Å². The molecule has 0 aliphatic carbocycles. The number of fused-ring (bicyclic) bond motifs is 2. The molecule has 6 rings (SSSR count). The van der Waals surface area contributed by atoms with E-state index in [1.54, 1.807) is 49.4 Å². The number of imide groups is 1. The lowest BCUT2D eigenvalue weighted by molar-refractivity contribution is -0.122. The number of aromatic nitrogens is 1. The number of anilines is 2. The van der Waals surface area contributed by atoms with Crippen LogP contribution in [0.1, 0.15) is 33.6 Å². The second kappa shape index (κ2) is 12.6. The van der Waals surface area contributed by atoms with Gasteiger partial charge in [0.05, 0.1) is 38.8 Å². The number of nitrogens with zero attached hydrogens (tertiary/aromatic N) is 2. The zero-order chi connectivity index (χ0) is 32.0. The number of hydrogen-bond donors (Lipinski definition) is 1. The number of benzene rings is 3. The fraction of sp³-hybridized carbons (Fsp3) is 0.194. The molecule has 3 amide bonds. The summed E-state index contributed by atoms with van der Waals surface area (Å²) in [6, 6.07) is 17.5. The quantitative estimate of drug-likeness (QED) is 0.173. The summed E-state index contributed by atoms with van der Waals surface area (Å²) in [5.74, 6) is -3.69. The van der Waals surface area contributed by atoms with Crippen molar-refractivity contribution in [3.8, 4) is 0 Å². The van der Waals surface area contributed by atoms with Crippen molar-refractivity contribution in [1.29, 1.82) is 0 Å². The fourth-order valence-corrected chi connectivity index (χ4v) is 8.76. The van der Waals surface area contributed by atoms with E-state index in [2.05, 4.69) is 5.32 Å². The number of esters is 1. The monoisotopic (exact) mass is 701 g/mol. The second-order valence-electron chi connectivity index (χ2n) is 10.1. The van der Waals surface area contributed by atoms with Crippen molar-refractivity contribution in [3.05, 3.63) is 107 Å². The number of thioether (sulfide) groups is 1. The van der Waals surface area contributed by atoms with E-state index in [1.165, 1.54) is 28.8 Å². The Morgan fingerprint density at radius 3 is 2.33 bits per heavy atom. The molecule has 4 aromatic rings. The van der Waals surface area contributed by atoms with Gasteiger partial charge >= 0.3 is 10.8 Å². The van der Waals surface area contributed by atoms with Gasteiger partial charge in [0.25, 0.3) is 0 Å². The van der Waals surface area contributed by atoms with E-state index in [-0.39, 0.29) is 34.4 Å². The molecule has 3 heterocycles. The molecule has 2 unspecified atom stereocenters. The first-order valence-electron chi connectivity index (χ1n) is 13.6. The number of thiazole rings is 1. The average Bonchev–Trinajstić information content (AvgIpc) is 3.46. The highest BCUT2D eigenvalue weighted by atomic mass is 35.5. The molecule has 0 bridgehead atoms. The van der Waals surface area contributed by atoms with Crippen LogP contribution in [0.3, 0.4) is 0 Å². The molecule has 3 aromatic carbocycles.